The zero-order valence-electron chi connectivity index (χ0n) is 11.3. The van der Waals surface area contributed by atoms with Crippen LogP contribution in [-0.4, -0.2) is 23.5 Å². The molecule has 18 heavy (non-hydrogen) atoms. The Hall–Kier alpha value is -1.10. The Morgan fingerprint density at radius 3 is 2.56 bits per heavy atom. The smallest absolute Gasteiger partial charge is 0.255 e. The normalized spacial score (nSPS) is 11.2. The molecule has 0 aliphatic carbocycles. The fraction of sp³-hybridized carbons (Fsp3) is 0.538. The van der Waals surface area contributed by atoms with Crippen LogP contribution in [0.4, 0.5) is 5.82 Å². The predicted molar refractivity (Wildman–Crippen MR) is 77.9 cm³/mol. The maximum atomic E-state index is 12.3. The molecule has 4 nitrogen and oxygen atoms in total. The molecule has 1 amide bonds. The maximum Gasteiger partial charge on any atom is 0.255 e. The Labute approximate surface area is 117 Å². The van der Waals surface area contributed by atoms with E-state index in [1.165, 1.54) is 0 Å². The minimum Gasteiger partial charge on any atom is -0.372 e. The van der Waals surface area contributed by atoms with Crippen molar-refractivity contribution >= 4 is 27.7 Å². The van der Waals surface area contributed by atoms with Gasteiger partial charge in [0.15, 0.2) is 0 Å². The minimum atomic E-state index is -0.176. The Morgan fingerprint density at radius 2 is 2.06 bits per heavy atom. The number of carbonyl (C=O) groups is 1. The van der Waals surface area contributed by atoms with Crippen molar-refractivity contribution in [1.29, 1.82) is 0 Å². The molecular formula is C13H20BrN3O. The van der Waals surface area contributed by atoms with Crippen LogP contribution in [0.1, 0.15) is 44.0 Å². The zero-order chi connectivity index (χ0) is 13.8. The number of carbonyl (C=O) groups excluding carboxylic acids is 1. The summed E-state index contributed by atoms with van der Waals surface area (Å²) in [5.74, 6) is 0.490. The van der Waals surface area contributed by atoms with Crippen molar-refractivity contribution in [2.75, 3.05) is 12.4 Å². The highest BCUT2D eigenvalue weighted by atomic mass is 79.9. The Morgan fingerprint density at radius 1 is 1.44 bits per heavy atom. The molecule has 0 unspecified atom stereocenters. The summed E-state index contributed by atoms with van der Waals surface area (Å²) in [6.45, 7) is 6.19. The third-order valence-electron chi connectivity index (χ3n) is 3.31. The lowest BCUT2D eigenvalue weighted by Crippen LogP contribution is -2.45. The minimum absolute atomic E-state index is 0.0978. The standard InChI is InChI=1S/C13H20BrN3O/c1-5-13(3,6-2)17-12(18)10-7-9(14)8-16-11(10)15-4/h7-8H,5-6H2,1-4H3,(H,15,16)(H,17,18). The lowest BCUT2D eigenvalue weighted by atomic mass is 9.95. The molecular weight excluding hydrogens is 294 g/mol. The molecule has 0 spiro atoms. The van der Waals surface area contributed by atoms with Crippen LogP contribution in [0.2, 0.25) is 0 Å². The van der Waals surface area contributed by atoms with Gasteiger partial charge in [-0.1, -0.05) is 13.8 Å². The first-order chi connectivity index (χ1) is 8.45. The summed E-state index contributed by atoms with van der Waals surface area (Å²) in [6, 6.07) is 1.78. The number of halogens is 1. The summed E-state index contributed by atoms with van der Waals surface area (Å²) in [5, 5.41) is 6.00. The highest BCUT2D eigenvalue weighted by molar-refractivity contribution is 9.10. The number of pyridine rings is 1. The molecule has 100 valence electrons. The molecule has 0 aliphatic heterocycles. The second-order valence-corrected chi connectivity index (χ2v) is 5.44. The topological polar surface area (TPSA) is 54.0 Å². The lowest BCUT2D eigenvalue weighted by molar-refractivity contribution is 0.0901. The van der Waals surface area contributed by atoms with Crippen LogP contribution in [0.25, 0.3) is 0 Å². The van der Waals surface area contributed by atoms with Crippen LogP contribution in [0.3, 0.4) is 0 Å². The molecule has 0 aromatic carbocycles. The molecule has 5 heteroatoms. The van der Waals surface area contributed by atoms with E-state index in [1.54, 1.807) is 19.3 Å². The summed E-state index contributed by atoms with van der Waals surface area (Å²) in [6.07, 6.45) is 3.46. The quantitative estimate of drug-likeness (QED) is 0.877. The zero-order valence-corrected chi connectivity index (χ0v) is 12.9. The first-order valence-corrected chi connectivity index (χ1v) is 6.91. The van der Waals surface area contributed by atoms with E-state index in [-0.39, 0.29) is 11.4 Å². The van der Waals surface area contributed by atoms with E-state index >= 15 is 0 Å². The third-order valence-corrected chi connectivity index (χ3v) is 3.75. The molecule has 1 rings (SSSR count). The highest BCUT2D eigenvalue weighted by Crippen LogP contribution is 2.20. The molecule has 2 N–H and O–H groups in total. The second kappa shape index (κ2) is 6.18. The first-order valence-electron chi connectivity index (χ1n) is 6.11. The van der Waals surface area contributed by atoms with Crippen molar-refractivity contribution in [3.8, 4) is 0 Å². The fourth-order valence-corrected chi connectivity index (χ4v) is 1.91. The van der Waals surface area contributed by atoms with Gasteiger partial charge in [-0.2, -0.15) is 0 Å². The van der Waals surface area contributed by atoms with E-state index in [2.05, 4.69) is 52.3 Å². The number of amides is 1. The molecule has 0 bridgehead atoms. The van der Waals surface area contributed by atoms with Crippen molar-refractivity contribution < 1.29 is 4.79 Å². The van der Waals surface area contributed by atoms with Gasteiger partial charge < -0.3 is 10.6 Å². The summed E-state index contributed by atoms with van der Waals surface area (Å²) < 4.78 is 0.793. The van der Waals surface area contributed by atoms with Gasteiger partial charge in [0.2, 0.25) is 0 Å². The molecule has 0 saturated heterocycles. The van der Waals surface area contributed by atoms with Gasteiger partial charge in [-0.3, -0.25) is 4.79 Å². The van der Waals surface area contributed by atoms with Crippen LogP contribution < -0.4 is 10.6 Å². The molecule has 1 heterocycles. The van der Waals surface area contributed by atoms with Gasteiger partial charge in [0.1, 0.15) is 5.82 Å². The van der Waals surface area contributed by atoms with Gasteiger partial charge in [0, 0.05) is 23.3 Å². The van der Waals surface area contributed by atoms with Gasteiger partial charge in [-0.05, 0) is 41.8 Å². The lowest BCUT2D eigenvalue weighted by Gasteiger charge is -2.28. The molecule has 1 aromatic heterocycles. The SMILES string of the molecule is CCC(C)(CC)NC(=O)c1cc(Br)cnc1NC. The fourth-order valence-electron chi connectivity index (χ4n) is 1.58. The second-order valence-electron chi connectivity index (χ2n) is 4.52. The van der Waals surface area contributed by atoms with Crippen molar-refractivity contribution in [2.24, 2.45) is 0 Å². The number of nitrogens with zero attached hydrogens (tertiary/aromatic N) is 1. The van der Waals surface area contributed by atoms with Crippen molar-refractivity contribution in [2.45, 2.75) is 39.2 Å². The predicted octanol–water partition coefficient (Wildman–Crippen LogP) is 3.19. The van der Waals surface area contributed by atoms with Gasteiger partial charge >= 0.3 is 0 Å². The Bertz CT molecular complexity index is 430. The molecule has 0 saturated carbocycles. The van der Waals surface area contributed by atoms with Crippen LogP contribution in [-0.2, 0) is 0 Å². The maximum absolute atomic E-state index is 12.3. The Balaban J connectivity index is 3.00. The molecule has 0 aliphatic rings. The first kappa shape index (κ1) is 15.0. The third kappa shape index (κ3) is 3.45. The number of hydrogen-bond acceptors (Lipinski definition) is 3. The summed E-state index contributed by atoms with van der Waals surface area (Å²) in [5.41, 5.74) is 0.379. The number of aromatic nitrogens is 1. The highest BCUT2D eigenvalue weighted by Gasteiger charge is 2.24. The van der Waals surface area contributed by atoms with Gasteiger partial charge in [0.25, 0.3) is 5.91 Å². The average molecular weight is 314 g/mol. The van der Waals surface area contributed by atoms with Gasteiger partial charge in [-0.15, -0.1) is 0 Å². The van der Waals surface area contributed by atoms with Crippen molar-refractivity contribution in [3.05, 3.63) is 22.3 Å². The van der Waals surface area contributed by atoms with Crippen LogP contribution in [0.5, 0.6) is 0 Å². The van der Waals surface area contributed by atoms with E-state index in [1.807, 2.05) is 0 Å². The number of nitrogens with one attached hydrogen (secondary N) is 2. The van der Waals surface area contributed by atoms with Crippen molar-refractivity contribution in [3.63, 3.8) is 0 Å². The summed E-state index contributed by atoms with van der Waals surface area (Å²) in [7, 11) is 1.76. The van der Waals surface area contributed by atoms with E-state index in [9.17, 15) is 4.79 Å². The largest absolute Gasteiger partial charge is 0.372 e. The van der Waals surface area contributed by atoms with Gasteiger partial charge in [-0.25, -0.2) is 4.98 Å². The van der Waals surface area contributed by atoms with E-state index in [0.29, 0.717) is 11.4 Å². The van der Waals surface area contributed by atoms with E-state index in [4.69, 9.17) is 0 Å². The molecule has 0 radical (unpaired) electrons. The number of anilines is 1. The monoisotopic (exact) mass is 313 g/mol. The Kier molecular flexibility index (Phi) is 5.14. The van der Waals surface area contributed by atoms with Gasteiger partial charge in [0.05, 0.1) is 5.56 Å². The van der Waals surface area contributed by atoms with E-state index in [0.717, 1.165) is 17.3 Å². The molecule has 1 aromatic rings. The molecule has 0 atom stereocenters. The van der Waals surface area contributed by atoms with Crippen LogP contribution >= 0.6 is 15.9 Å². The van der Waals surface area contributed by atoms with Crippen LogP contribution in [0.15, 0.2) is 16.7 Å². The summed E-state index contributed by atoms with van der Waals surface area (Å²) in [4.78, 5) is 16.5. The van der Waals surface area contributed by atoms with Crippen molar-refractivity contribution in [1.82, 2.24) is 10.3 Å². The van der Waals surface area contributed by atoms with E-state index < -0.39 is 0 Å². The molecule has 0 fully saturated rings. The summed E-state index contributed by atoms with van der Waals surface area (Å²) >= 11 is 3.34. The number of rotatable bonds is 5. The van der Waals surface area contributed by atoms with Crippen LogP contribution in [0, 0.1) is 0 Å². The average Bonchev–Trinajstić information content (AvgIpc) is 2.38. The number of hydrogen-bond donors (Lipinski definition) is 2.